The number of benzene rings is 1. The van der Waals surface area contributed by atoms with Crippen LogP contribution >= 0.6 is 12.4 Å². The van der Waals surface area contributed by atoms with Gasteiger partial charge in [-0.3, -0.25) is 14.8 Å². The minimum Gasteiger partial charge on any atom is -0.379 e. The van der Waals surface area contributed by atoms with Crippen molar-refractivity contribution in [2.45, 2.75) is 25.7 Å². The lowest BCUT2D eigenvalue weighted by Gasteiger charge is -2.26. The van der Waals surface area contributed by atoms with Crippen molar-refractivity contribution in [3.8, 4) is 11.4 Å². The van der Waals surface area contributed by atoms with Crippen LogP contribution < -0.4 is 5.32 Å². The van der Waals surface area contributed by atoms with Gasteiger partial charge in [-0.2, -0.15) is 5.10 Å². The molecule has 0 spiro atoms. The molecule has 30 heavy (non-hydrogen) atoms. The maximum Gasteiger partial charge on any atom is 0.251 e. The Kier molecular flexibility index (Phi) is 6.41. The Labute approximate surface area is 182 Å². The van der Waals surface area contributed by atoms with Gasteiger partial charge >= 0.3 is 0 Å². The fourth-order valence-corrected chi connectivity index (χ4v) is 4.47. The normalized spacial score (nSPS) is 16.4. The lowest BCUT2D eigenvalue weighted by atomic mass is 10.0. The summed E-state index contributed by atoms with van der Waals surface area (Å²) in [6.45, 7) is 5.29. The molecule has 160 valence electrons. The number of aromatic amines is 2. The highest BCUT2D eigenvalue weighted by Gasteiger charge is 2.21. The van der Waals surface area contributed by atoms with Crippen LogP contribution in [0.3, 0.4) is 0 Å². The number of rotatable bonds is 5. The summed E-state index contributed by atoms with van der Waals surface area (Å²) in [6, 6.07) is 5.95. The van der Waals surface area contributed by atoms with Crippen LogP contribution in [0.15, 0.2) is 24.4 Å². The van der Waals surface area contributed by atoms with E-state index < -0.39 is 0 Å². The summed E-state index contributed by atoms with van der Waals surface area (Å²) in [4.78, 5) is 18.6. The van der Waals surface area contributed by atoms with Gasteiger partial charge in [0.25, 0.3) is 5.91 Å². The molecule has 7 nitrogen and oxygen atoms in total. The molecule has 0 radical (unpaired) electrons. The average Bonchev–Trinajstić information content (AvgIpc) is 3.32. The minimum absolute atomic E-state index is 0. The van der Waals surface area contributed by atoms with E-state index in [1.807, 2.05) is 24.4 Å². The number of aryl methyl sites for hydroxylation is 2. The molecule has 3 N–H and O–H groups in total. The lowest BCUT2D eigenvalue weighted by Crippen LogP contribution is -2.38. The van der Waals surface area contributed by atoms with Crippen LogP contribution in [-0.4, -0.2) is 65.4 Å². The molecule has 0 saturated carbocycles. The Hall–Kier alpha value is -2.35. The van der Waals surface area contributed by atoms with Crippen molar-refractivity contribution in [1.29, 1.82) is 0 Å². The monoisotopic (exact) mass is 429 g/mol. The van der Waals surface area contributed by atoms with E-state index in [4.69, 9.17) is 4.74 Å². The molecular weight excluding hydrogens is 402 g/mol. The van der Waals surface area contributed by atoms with E-state index in [1.54, 1.807) is 0 Å². The fourth-order valence-electron chi connectivity index (χ4n) is 4.47. The zero-order valence-corrected chi connectivity index (χ0v) is 17.8. The van der Waals surface area contributed by atoms with E-state index in [1.165, 1.54) is 11.1 Å². The largest absolute Gasteiger partial charge is 0.379 e. The summed E-state index contributed by atoms with van der Waals surface area (Å²) >= 11 is 0. The molecule has 1 amide bonds. The number of hydrogen-bond acceptors (Lipinski definition) is 4. The SMILES string of the molecule is Cl.O=C(NCCCN1CCOCC1)c1ccc2[nH]c3c(c2c1)CCCc1cn[nH]c1-3. The molecule has 5 rings (SSSR count). The lowest BCUT2D eigenvalue weighted by molar-refractivity contribution is 0.0374. The molecular formula is C22H28ClN5O2. The van der Waals surface area contributed by atoms with Crippen molar-refractivity contribution in [2.75, 3.05) is 39.4 Å². The first-order valence-corrected chi connectivity index (χ1v) is 10.5. The molecule has 3 aromatic rings. The number of halogens is 1. The van der Waals surface area contributed by atoms with Crippen molar-refractivity contribution in [3.63, 3.8) is 0 Å². The molecule has 2 aliphatic rings. The van der Waals surface area contributed by atoms with Crippen LogP contribution in [0.1, 0.15) is 34.3 Å². The second-order valence-electron chi connectivity index (χ2n) is 7.93. The van der Waals surface area contributed by atoms with E-state index in [0.29, 0.717) is 6.54 Å². The van der Waals surface area contributed by atoms with E-state index >= 15 is 0 Å². The number of amides is 1. The molecule has 2 aromatic heterocycles. The Morgan fingerprint density at radius 2 is 2.07 bits per heavy atom. The standard InChI is InChI=1S/C22H27N5O2.ClH/c28-22(23-7-2-8-27-9-11-29-12-10-27)15-5-6-19-18(13-15)17-4-1-3-16-14-24-26-20(16)21(17)25-19;/h5-6,13-14,25H,1-4,7-12H2,(H,23,28)(H,24,26);1H. The molecule has 1 fully saturated rings. The molecule has 1 aliphatic carbocycles. The van der Waals surface area contributed by atoms with Gasteiger partial charge in [0.15, 0.2) is 0 Å². The molecule has 1 aliphatic heterocycles. The minimum atomic E-state index is -0.000297. The Bertz CT molecular complexity index is 1020. The van der Waals surface area contributed by atoms with Gasteiger partial charge in [-0.1, -0.05) is 0 Å². The highest BCUT2D eigenvalue weighted by molar-refractivity contribution is 6.00. The van der Waals surface area contributed by atoms with E-state index in [0.717, 1.165) is 86.4 Å². The number of carbonyl (C=O) groups excluding carboxylic acids is 1. The quantitative estimate of drug-likeness (QED) is 0.544. The van der Waals surface area contributed by atoms with Crippen molar-refractivity contribution in [1.82, 2.24) is 25.4 Å². The van der Waals surface area contributed by atoms with Crippen LogP contribution in [0.2, 0.25) is 0 Å². The van der Waals surface area contributed by atoms with Gasteiger partial charge in [0.1, 0.15) is 0 Å². The van der Waals surface area contributed by atoms with Crippen molar-refractivity contribution in [3.05, 3.63) is 41.1 Å². The highest BCUT2D eigenvalue weighted by atomic mass is 35.5. The first-order valence-electron chi connectivity index (χ1n) is 10.5. The Morgan fingerprint density at radius 1 is 1.20 bits per heavy atom. The Balaban J connectivity index is 0.00000218. The predicted octanol–water partition coefficient (Wildman–Crippen LogP) is 2.92. The van der Waals surface area contributed by atoms with Gasteiger partial charge in [-0.15, -0.1) is 12.4 Å². The predicted molar refractivity (Wildman–Crippen MR) is 119 cm³/mol. The van der Waals surface area contributed by atoms with Crippen LogP contribution in [0, 0.1) is 0 Å². The summed E-state index contributed by atoms with van der Waals surface area (Å²) in [7, 11) is 0. The average molecular weight is 430 g/mol. The van der Waals surface area contributed by atoms with Crippen molar-refractivity contribution < 1.29 is 9.53 Å². The third kappa shape index (κ3) is 4.10. The zero-order valence-electron chi connectivity index (χ0n) is 17.0. The van der Waals surface area contributed by atoms with Crippen LogP contribution in [0.5, 0.6) is 0 Å². The fraction of sp³-hybridized carbons (Fsp3) is 0.455. The Morgan fingerprint density at radius 3 is 2.93 bits per heavy atom. The number of nitrogens with one attached hydrogen (secondary N) is 3. The van der Waals surface area contributed by atoms with Gasteiger partial charge in [-0.05, 0) is 61.6 Å². The number of hydrogen-bond donors (Lipinski definition) is 3. The van der Waals surface area contributed by atoms with E-state index in [2.05, 4.69) is 25.4 Å². The number of fused-ring (bicyclic) bond motifs is 5. The zero-order chi connectivity index (χ0) is 19.6. The van der Waals surface area contributed by atoms with Crippen LogP contribution in [0.25, 0.3) is 22.3 Å². The third-order valence-corrected chi connectivity index (χ3v) is 6.05. The number of morpholine rings is 1. The molecule has 1 aromatic carbocycles. The van der Waals surface area contributed by atoms with Crippen molar-refractivity contribution in [2.24, 2.45) is 0 Å². The first-order chi connectivity index (χ1) is 14.3. The van der Waals surface area contributed by atoms with Gasteiger partial charge in [0.05, 0.1) is 30.8 Å². The van der Waals surface area contributed by atoms with Crippen LogP contribution in [0.4, 0.5) is 0 Å². The van der Waals surface area contributed by atoms with Crippen LogP contribution in [-0.2, 0) is 17.6 Å². The molecule has 3 heterocycles. The molecule has 0 bridgehead atoms. The maximum absolute atomic E-state index is 12.7. The molecule has 1 saturated heterocycles. The number of aromatic nitrogens is 3. The second kappa shape index (κ2) is 9.20. The second-order valence-corrected chi connectivity index (χ2v) is 7.93. The first kappa shape index (κ1) is 20.9. The van der Waals surface area contributed by atoms with Gasteiger partial charge in [0, 0.05) is 36.1 Å². The smallest absolute Gasteiger partial charge is 0.251 e. The number of carbonyl (C=O) groups is 1. The topological polar surface area (TPSA) is 86.0 Å². The number of H-pyrrole nitrogens is 2. The van der Waals surface area contributed by atoms with E-state index in [-0.39, 0.29) is 18.3 Å². The summed E-state index contributed by atoms with van der Waals surface area (Å²) in [5.74, 6) is -0.000297. The summed E-state index contributed by atoms with van der Waals surface area (Å²) < 4.78 is 5.37. The summed E-state index contributed by atoms with van der Waals surface area (Å²) in [5, 5.41) is 11.6. The van der Waals surface area contributed by atoms with E-state index in [9.17, 15) is 4.79 Å². The van der Waals surface area contributed by atoms with Gasteiger partial charge in [0.2, 0.25) is 0 Å². The molecule has 0 unspecified atom stereocenters. The van der Waals surface area contributed by atoms with Gasteiger partial charge in [-0.25, -0.2) is 0 Å². The summed E-state index contributed by atoms with van der Waals surface area (Å²) in [5.41, 5.74) is 6.54. The number of nitrogens with zero attached hydrogens (tertiary/aromatic N) is 2. The summed E-state index contributed by atoms with van der Waals surface area (Å²) in [6.07, 6.45) is 5.99. The van der Waals surface area contributed by atoms with Gasteiger partial charge < -0.3 is 15.0 Å². The molecule has 8 heteroatoms. The van der Waals surface area contributed by atoms with Crippen molar-refractivity contribution >= 4 is 29.2 Å². The maximum atomic E-state index is 12.7. The third-order valence-electron chi connectivity index (χ3n) is 6.05. The number of ether oxygens (including phenoxy) is 1. The highest BCUT2D eigenvalue weighted by Crippen LogP contribution is 2.35. The molecule has 0 atom stereocenters.